The summed E-state index contributed by atoms with van der Waals surface area (Å²) in [4.78, 5) is 87.0. The van der Waals surface area contributed by atoms with Crippen LogP contribution >= 0.6 is 0 Å². The number of carbonyl (C=O) groups is 6. The third-order valence-electron chi connectivity index (χ3n) is 12.7. The Morgan fingerprint density at radius 3 is 2.09 bits per heavy atom. The minimum Gasteiger partial charge on any atom is -0.467 e. The van der Waals surface area contributed by atoms with Crippen LogP contribution < -0.4 is 15.4 Å². The number of nitrogens with zero attached hydrogens (tertiary/aromatic N) is 3. The number of hydrogen-bond donors (Lipinski definition) is 2. The highest BCUT2D eigenvalue weighted by molar-refractivity contribution is 5.88. The van der Waals surface area contributed by atoms with Gasteiger partial charge in [-0.1, -0.05) is 96.8 Å². The lowest BCUT2D eigenvalue weighted by Gasteiger charge is -2.41. The van der Waals surface area contributed by atoms with Gasteiger partial charge in [0.1, 0.15) is 17.4 Å². The van der Waals surface area contributed by atoms with Crippen molar-refractivity contribution < 1.29 is 52.5 Å². The van der Waals surface area contributed by atoms with Crippen molar-refractivity contribution in [1.82, 2.24) is 25.3 Å². The summed E-state index contributed by atoms with van der Waals surface area (Å²) < 4.78 is 27.7. The fraction of sp³-hybridized carbons (Fsp3) is 0.654. The molecule has 0 spiro atoms. The number of methoxy groups -OCH3 is 3. The highest BCUT2D eigenvalue weighted by Crippen LogP contribution is 2.30. The predicted molar refractivity (Wildman–Crippen MR) is 260 cm³/mol. The number of ether oxygens (including phenoxy) is 5. The van der Waals surface area contributed by atoms with E-state index in [1.165, 1.54) is 14.2 Å². The quantitative estimate of drug-likeness (QED) is 0.0767. The van der Waals surface area contributed by atoms with Crippen LogP contribution in [0.25, 0.3) is 0 Å². The summed E-state index contributed by atoms with van der Waals surface area (Å²) in [6.07, 6.45) is 1.65. The summed E-state index contributed by atoms with van der Waals surface area (Å²) in [5.41, 5.74) is 1.07. The molecule has 2 aromatic carbocycles. The van der Waals surface area contributed by atoms with Crippen molar-refractivity contribution in [1.29, 1.82) is 0 Å². The van der Waals surface area contributed by atoms with E-state index < -0.39 is 65.9 Å². The molecule has 3 rings (SSSR count). The molecule has 0 aliphatic carbocycles. The number of esters is 1. The molecule has 380 valence electrons. The number of likely N-dealkylation sites (N-methyl/N-ethyl adjacent to an activating group) is 1. The van der Waals surface area contributed by atoms with Crippen molar-refractivity contribution in [2.24, 2.45) is 17.8 Å². The van der Waals surface area contributed by atoms with Crippen LogP contribution in [0.5, 0.6) is 5.75 Å². The Labute approximate surface area is 405 Å². The molecular weight excluding hydrogens is 871 g/mol. The zero-order valence-corrected chi connectivity index (χ0v) is 43.0. The molecule has 16 heteroatoms. The average Bonchev–Trinajstić information content (AvgIpc) is 3.78. The van der Waals surface area contributed by atoms with E-state index in [4.69, 9.17) is 23.7 Å². The number of unbranched alkanes of at least 4 members (excludes halogenated alkanes) is 1. The highest BCUT2D eigenvalue weighted by atomic mass is 16.7. The first kappa shape index (κ1) is 57.3. The fourth-order valence-corrected chi connectivity index (χ4v) is 9.09. The normalized spacial score (nSPS) is 17.0. The first-order valence-electron chi connectivity index (χ1n) is 24.2. The molecule has 16 nitrogen and oxygen atoms in total. The van der Waals surface area contributed by atoms with Gasteiger partial charge in [0, 0.05) is 40.3 Å². The van der Waals surface area contributed by atoms with E-state index in [9.17, 15) is 28.8 Å². The molecule has 1 fully saturated rings. The lowest BCUT2D eigenvalue weighted by Crippen LogP contribution is -2.56. The molecule has 68 heavy (non-hydrogen) atoms. The summed E-state index contributed by atoms with van der Waals surface area (Å²) in [6, 6.07) is 14.0. The van der Waals surface area contributed by atoms with Crippen LogP contribution in [-0.2, 0) is 55.9 Å². The summed E-state index contributed by atoms with van der Waals surface area (Å²) in [6.45, 7) is 18.1. The molecule has 1 saturated heterocycles. The Morgan fingerprint density at radius 1 is 0.868 bits per heavy atom. The molecule has 0 bridgehead atoms. The summed E-state index contributed by atoms with van der Waals surface area (Å²) in [7, 11) is 6.22. The van der Waals surface area contributed by atoms with Gasteiger partial charge in [-0.25, -0.2) is 9.59 Å². The lowest BCUT2D eigenvalue weighted by molar-refractivity contribution is -0.148. The van der Waals surface area contributed by atoms with Crippen LogP contribution in [0.1, 0.15) is 112 Å². The minimum atomic E-state index is -0.911. The molecule has 1 aliphatic heterocycles. The summed E-state index contributed by atoms with van der Waals surface area (Å²) in [5.74, 6) is -2.24. The molecule has 2 aromatic rings. The maximum atomic E-state index is 14.5. The largest absolute Gasteiger partial charge is 0.514 e. The molecule has 0 radical (unpaired) electrons. The Bertz CT molecular complexity index is 1910. The van der Waals surface area contributed by atoms with Crippen molar-refractivity contribution >= 4 is 35.8 Å². The molecule has 1 aliphatic rings. The third kappa shape index (κ3) is 17.2. The van der Waals surface area contributed by atoms with E-state index in [0.717, 1.165) is 17.5 Å². The van der Waals surface area contributed by atoms with Gasteiger partial charge in [0.05, 0.1) is 56.3 Å². The minimum absolute atomic E-state index is 0.0168. The fourth-order valence-electron chi connectivity index (χ4n) is 9.09. The monoisotopic (exact) mass is 952 g/mol. The average molecular weight is 952 g/mol. The molecule has 4 amide bonds. The Kier molecular flexibility index (Phi) is 23.4. The first-order valence-corrected chi connectivity index (χ1v) is 24.2. The number of likely N-dealkylation sites (tertiary alicyclic amines) is 1. The van der Waals surface area contributed by atoms with Crippen molar-refractivity contribution in [3.05, 3.63) is 65.7 Å². The van der Waals surface area contributed by atoms with Gasteiger partial charge in [-0.2, -0.15) is 0 Å². The number of amides is 4. The van der Waals surface area contributed by atoms with Gasteiger partial charge in [0.25, 0.3) is 0 Å². The van der Waals surface area contributed by atoms with E-state index in [-0.39, 0.29) is 48.9 Å². The summed E-state index contributed by atoms with van der Waals surface area (Å²) >= 11 is 0. The van der Waals surface area contributed by atoms with E-state index in [1.54, 1.807) is 56.7 Å². The summed E-state index contributed by atoms with van der Waals surface area (Å²) in [5, 5.41) is 5.81. The van der Waals surface area contributed by atoms with Crippen LogP contribution in [0, 0.1) is 17.8 Å². The van der Waals surface area contributed by atoms with Crippen molar-refractivity contribution in [3.8, 4) is 5.75 Å². The van der Waals surface area contributed by atoms with Crippen molar-refractivity contribution in [2.45, 2.75) is 156 Å². The molecule has 1 heterocycles. The van der Waals surface area contributed by atoms with Gasteiger partial charge in [0.2, 0.25) is 23.6 Å². The Balaban J connectivity index is 1.75. The zero-order chi connectivity index (χ0) is 50.7. The second kappa shape index (κ2) is 27.8. The van der Waals surface area contributed by atoms with Crippen molar-refractivity contribution in [2.75, 3.05) is 48.0 Å². The number of benzene rings is 2. The number of carbonyl (C=O) groups excluding carboxylic acids is 6. The maximum Gasteiger partial charge on any atom is 0.514 e. The topological polar surface area (TPSA) is 182 Å². The first-order chi connectivity index (χ1) is 32.2. The van der Waals surface area contributed by atoms with Gasteiger partial charge in [-0.15, -0.1) is 0 Å². The second-order valence-corrected chi connectivity index (χ2v) is 19.4. The van der Waals surface area contributed by atoms with E-state index in [1.807, 2.05) is 89.0 Å². The maximum absolute atomic E-state index is 14.5. The molecule has 0 saturated carbocycles. The number of hydrogen-bond acceptors (Lipinski definition) is 12. The molecule has 8 atom stereocenters. The van der Waals surface area contributed by atoms with Crippen LogP contribution in [-0.4, -0.2) is 140 Å². The van der Waals surface area contributed by atoms with E-state index >= 15 is 0 Å². The lowest BCUT2D eigenvalue weighted by atomic mass is 9.89. The van der Waals surface area contributed by atoms with E-state index in [2.05, 4.69) is 10.6 Å². The molecule has 0 aromatic heterocycles. The zero-order valence-electron chi connectivity index (χ0n) is 43.0. The standard InChI is InChI=1S/C52H81N5O11/c1-14-16-28-57(44(59)32-53-49(61)45(34(3)4)55(10)33-38-24-26-39(27-25-38)67-51(63)68-52(7,8)9)46(35(5)15-2)42(64-11)31-43(58)56-29-20-23-41(56)47(65-12)36(6)48(60)54-40(50(62)66-13)30-37-21-18-17-19-22-37/h17-19,21-22,24-27,34-36,40-42,45-47H,14-16,20,23,28-33H2,1-13H3,(H,53,61)(H,54,60)/t35-,36+,40-,41-,42+,45-,46-,47+/m0/s1. The highest BCUT2D eigenvalue weighted by Gasteiger charge is 2.43. The van der Waals surface area contributed by atoms with Gasteiger partial charge in [-0.05, 0) is 82.2 Å². The number of rotatable bonds is 26. The Morgan fingerprint density at radius 2 is 1.53 bits per heavy atom. The van der Waals surface area contributed by atoms with Crippen molar-refractivity contribution in [3.63, 3.8) is 0 Å². The number of nitrogens with one attached hydrogen (secondary N) is 2. The third-order valence-corrected chi connectivity index (χ3v) is 12.7. The molecule has 0 unspecified atom stereocenters. The molecular formula is C52H81N5O11. The van der Waals surface area contributed by atoms with E-state index in [0.29, 0.717) is 51.1 Å². The van der Waals surface area contributed by atoms with Gasteiger partial charge in [0.15, 0.2) is 0 Å². The van der Waals surface area contributed by atoms with Crippen LogP contribution in [0.2, 0.25) is 0 Å². The van der Waals surface area contributed by atoms with Gasteiger partial charge < -0.3 is 44.1 Å². The molecule has 2 N–H and O–H groups in total. The SMILES string of the molecule is CCCCN(C(=O)CNC(=O)[C@H](C(C)C)N(C)Cc1ccc(OC(=O)OC(C)(C)C)cc1)[C@@H]([C@@H](C)CC)[C@@H](CC(=O)N1CCC[C@H]1[C@H](OC)[C@@H](C)C(=O)N[C@@H](Cc1ccccc1)C(=O)OC)OC. The van der Waals surface area contributed by atoms with Gasteiger partial charge in [-0.3, -0.25) is 24.1 Å². The van der Waals surface area contributed by atoms with Crippen LogP contribution in [0.4, 0.5) is 4.79 Å². The Hall–Kier alpha value is -5.06. The van der Waals surface area contributed by atoms with Gasteiger partial charge >= 0.3 is 12.1 Å². The smallest absolute Gasteiger partial charge is 0.467 e. The predicted octanol–water partition coefficient (Wildman–Crippen LogP) is 6.56. The second-order valence-electron chi connectivity index (χ2n) is 19.4. The van der Waals surface area contributed by atoms with Crippen LogP contribution in [0.15, 0.2) is 54.6 Å². The van der Waals surface area contributed by atoms with Crippen LogP contribution in [0.3, 0.4) is 0 Å².